The third-order valence-electron chi connectivity index (χ3n) is 4.01. The monoisotopic (exact) mass is 262 g/mol. The van der Waals surface area contributed by atoms with Crippen LogP contribution in [0, 0.1) is 5.41 Å². The van der Waals surface area contributed by atoms with Crippen LogP contribution in [0.1, 0.15) is 26.2 Å². The van der Waals surface area contributed by atoms with Gasteiger partial charge in [0.25, 0.3) is 0 Å². The van der Waals surface area contributed by atoms with Gasteiger partial charge in [-0.2, -0.15) is 0 Å². The van der Waals surface area contributed by atoms with Gasteiger partial charge in [0.1, 0.15) is 5.82 Å². The lowest BCUT2D eigenvalue weighted by Gasteiger charge is -2.27. The molecular formula is C14H22N4O. The van der Waals surface area contributed by atoms with Crippen molar-refractivity contribution in [2.45, 2.75) is 32.2 Å². The van der Waals surface area contributed by atoms with Crippen LogP contribution in [0.3, 0.4) is 0 Å². The number of hydrogen-bond donors (Lipinski definition) is 2. The normalized spacial score (nSPS) is 26.2. The van der Waals surface area contributed by atoms with Gasteiger partial charge < -0.3 is 16.0 Å². The molecule has 19 heavy (non-hydrogen) atoms. The maximum atomic E-state index is 12.3. The minimum absolute atomic E-state index is 0.00287. The molecule has 5 heteroatoms. The first-order valence-electron chi connectivity index (χ1n) is 6.64. The number of rotatable bonds is 3. The number of amides is 1. The second-order valence-corrected chi connectivity index (χ2v) is 5.67. The van der Waals surface area contributed by atoms with Crippen LogP contribution in [0.5, 0.6) is 0 Å². The third kappa shape index (κ3) is 2.71. The van der Waals surface area contributed by atoms with E-state index in [0.717, 1.165) is 30.8 Å². The second kappa shape index (κ2) is 5.17. The topological polar surface area (TPSA) is 71.2 Å². The molecule has 1 aromatic heterocycles. The predicted octanol–water partition coefficient (Wildman–Crippen LogP) is 1.60. The van der Waals surface area contributed by atoms with Crippen molar-refractivity contribution in [3.63, 3.8) is 0 Å². The lowest BCUT2D eigenvalue weighted by molar-refractivity contribution is -0.125. The highest BCUT2D eigenvalue weighted by Crippen LogP contribution is 2.37. The number of carbonyl (C=O) groups excluding carboxylic acids is 1. The molecule has 0 radical (unpaired) electrons. The zero-order valence-electron chi connectivity index (χ0n) is 11.8. The van der Waals surface area contributed by atoms with E-state index >= 15 is 0 Å². The maximum absolute atomic E-state index is 12.3. The molecule has 1 fully saturated rings. The second-order valence-electron chi connectivity index (χ2n) is 5.67. The highest BCUT2D eigenvalue weighted by molar-refractivity contribution is 5.95. The summed E-state index contributed by atoms with van der Waals surface area (Å²) in [6.07, 6.45) is 4.46. The fraction of sp³-hybridized carbons (Fsp3) is 0.571. The van der Waals surface area contributed by atoms with E-state index in [1.54, 1.807) is 6.20 Å². The Morgan fingerprint density at radius 2 is 2.26 bits per heavy atom. The smallest absolute Gasteiger partial charge is 0.231 e. The average molecular weight is 262 g/mol. The van der Waals surface area contributed by atoms with Crippen molar-refractivity contribution in [2.75, 3.05) is 24.3 Å². The van der Waals surface area contributed by atoms with Crippen LogP contribution in [0.4, 0.5) is 11.5 Å². The predicted molar refractivity (Wildman–Crippen MR) is 77.1 cm³/mol. The van der Waals surface area contributed by atoms with Crippen LogP contribution in [0.2, 0.25) is 0 Å². The van der Waals surface area contributed by atoms with Gasteiger partial charge in [-0.3, -0.25) is 4.79 Å². The molecule has 104 valence electrons. The molecule has 0 bridgehead atoms. The van der Waals surface area contributed by atoms with Gasteiger partial charge in [0.05, 0.1) is 17.3 Å². The molecule has 2 unspecified atom stereocenters. The van der Waals surface area contributed by atoms with Crippen molar-refractivity contribution < 1.29 is 4.79 Å². The number of nitrogens with one attached hydrogen (secondary N) is 1. The molecule has 1 amide bonds. The minimum atomic E-state index is -0.458. The lowest BCUT2D eigenvalue weighted by Crippen LogP contribution is -2.44. The fourth-order valence-corrected chi connectivity index (χ4v) is 2.47. The fourth-order valence-electron chi connectivity index (χ4n) is 2.47. The molecule has 1 saturated carbocycles. The van der Waals surface area contributed by atoms with Gasteiger partial charge in [-0.25, -0.2) is 4.98 Å². The van der Waals surface area contributed by atoms with Crippen molar-refractivity contribution in [3.8, 4) is 0 Å². The summed E-state index contributed by atoms with van der Waals surface area (Å²) >= 11 is 0. The Kier molecular flexibility index (Phi) is 3.75. The van der Waals surface area contributed by atoms with Crippen LogP contribution in [0.25, 0.3) is 0 Å². The largest absolute Gasteiger partial charge is 0.363 e. The van der Waals surface area contributed by atoms with Gasteiger partial charge >= 0.3 is 0 Å². The van der Waals surface area contributed by atoms with Crippen LogP contribution in [-0.2, 0) is 4.79 Å². The van der Waals surface area contributed by atoms with Crippen LogP contribution < -0.4 is 16.0 Å². The zero-order valence-corrected chi connectivity index (χ0v) is 11.8. The number of aromatic nitrogens is 1. The Hall–Kier alpha value is -1.62. The summed E-state index contributed by atoms with van der Waals surface area (Å²) in [6, 6.07) is 3.69. The van der Waals surface area contributed by atoms with Crippen LogP contribution >= 0.6 is 0 Å². The van der Waals surface area contributed by atoms with Crippen molar-refractivity contribution in [2.24, 2.45) is 11.1 Å². The summed E-state index contributed by atoms with van der Waals surface area (Å²) in [7, 11) is 3.86. The molecule has 3 N–H and O–H groups in total. The van der Waals surface area contributed by atoms with Gasteiger partial charge in [-0.1, -0.05) is 6.42 Å². The van der Waals surface area contributed by atoms with Crippen molar-refractivity contribution in [3.05, 3.63) is 18.3 Å². The van der Waals surface area contributed by atoms with E-state index in [0.29, 0.717) is 0 Å². The Morgan fingerprint density at radius 1 is 1.53 bits per heavy atom. The average Bonchev–Trinajstić information content (AvgIpc) is 2.71. The van der Waals surface area contributed by atoms with Crippen LogP contribution in [0.15, 0.2) is 18.3 Å². The van der Waals surface area contributed by atoms with Crippen LogP contribution in [-0.4, -0.2) is 31.0 Å². The molecule has 1 aliphatic carbocycles. The van der Waals surface area contributed by atoms with Gasteiger partial charge in [-0.15, -0.1) is 0 Å². The van der Waals surface area contributed by atoms with E-state index in [4.69, 9.17) is 5.73 Å². The van der Waals surface area contributed by atoms with E-state index in [1.807, 2.05) is 38.1 Å². The van der Waals surface area contributed by atoms with Gasteiger partial charge in [0, 0.05) is 20.1 Å². The number of nitrogens with zero attached hydrogens (tertiary/aromatic N) is 2. The molecule has 0 spiro atoms. The van der Waals surface area contributed by atoms with E-state index in [1.165, 1.54) is 0 Å². The van der Waals surface area contributed by atoms with Crippen molar-refractivity contribution in [1.82, 2.24) is 4.98 Å². The SMILES string of the molecule is CN(C)c1ccc(NC(=O)C2(C)CCCC2N)cn1. The molecule has 5 nitrogen and oxygen atoms in total. The molecule has 1 aliphatic rings. The molecule has 2 atom stereocenters. The Bertz CT molecular complexity index is 457. The Labute approximate surface area is 114 Å². The number of carbonyl (C=O) groups is 1. The molecule has 1 heterocycles. The summed E-state index contributed by atoms with van der Waals surface area (Å²) in [4.78, 5) is 18.5. The first-order valence-corrected chi connectivity index (χ1v) is 6.64. The van der Waals surface area contributed by atoms with Gasteiger partial charge in [0.15, 0.2) is 0 Å². The molecular weight excluding hydrogens is 240 g/mol. The minimum Gasteiger partial charge on any atom is -0.363 e. The molecule has 1 aromatic rings. The molecule has 0 aromatic carbocycles. The molecule has 2 rings (SSSR count). The quantitative estimate of drug-likeness (QED) is 0.868. The first-order chi connectivity index (χ1) is 8.93. The summed E-state index contributed by atoms with van der Waals surface area (Å²) in [6.45, 7) is 1.95. The first kappa shape index (κ1) is 13.8. The number of anilines is 2. The summed E-state index contributed by atoms with van der Waals surface area (Å²) in [5, 5.41) is 2.92. The van der Waals surface area contributed by atoms with Crippen molar-refractivity contribution >= 4 is 17.4 Å². The number of hydrogen-bond acceptors (Lipinski definition) is 4. The standard InChI is InChI=1S/C14H22N4O/c1-14(8-4-5-11(14)15)13(19)17-10-6-7-12(16-9-10)18(2)3/h6-7,9,11H,4-5,8,15H2,1-3H3,(H,17,19). The lowest BCUT2D eigenvalue weighted by atomic mass is 9.84. The highest BCUT2D eigenvalue weighted by Gasteiger charge is 2.42. The van der Waals surface area contributed by atoms with E-state index in [9.17, 15) is 4.79 Å². The highest BCUT2D eigenvalue weighted by atomic mass is 16.2. The molecule has 0 aliphatic heterocycles. The summed E-state index contributed by atoms with van der Waals surface area (Å²) in [5.74, 6) is 0.860. The van der Waals surface area contributed by atoms with E-state index in [-0.39, 0.29) is 11.9 Å². The Morgan fingerprint density at radius 3 is 2.74 bits per heavy atom. The molecule has 0 saturated heterocycles. The van der Waals surface area contributed by atoms with Gasteiger partial charge in [-0.05, 0) is 31.9 Å². The van der Waals surface area contributed by atoms with E-state index in [2.05, 4.69) is 10.3 Å². The summed E-state index contributed by atoms with van der Waals surface area (Å²) < 4.78 is 0. The number of pyridine rings is 1. The van der Waals surface area contributed by atoms with Crippen molar-refractivity contribution in [1.29, 1.82) is 0 Å². The maximum Gasteiger partial charge on any atom is 0.231 e. The third-order valence-corrected chi connectivity index (χ3v) is 4.01. The van der Waals surface area contributed by atoms with Gasteiger partial charge in [0.2, 0.25) is 5.91 Å². The Balaban J connectivity index is 2.06. The zero-order chi connectivity index (χ0) is 14.0. The number of nitrogens with two attached hydrogens (primary N) is 1. The summed E-state index contributed by atoms with van der Waals surface area (Å²) in [5.41, 5.74) is 6.31. The van der Waals surface area contributed by atoms with E-state index < -0.39 is 5.41 Å².